The Balaban J connectivity index is 2.78. The molecule has 110 valence electrons. The highest BCUT2D eigenvalue weighted by atomic mass is 16.3. The molecule has 20 heavy (non-hydrogen) atoms. The van der Waals surface area contributed by atoms with Crippen LogP contribution in [0.2, 0.25) is 0 Å². The SMILES string of the molecule is Cc1ccc(N)c(NC(=O)C(=O)N(CCO)CCO)c1. The molecule has 0 aliphatic carbocycles. The lowest BCUT2D eigenvalue weighted by Crippen LogP contribution is -2.42. The van der Waals surface area contributed by atoms with Gasteiger partial charge in [-0.3, -0.25) is 9.59 Å². The summed E-state index contributed by atoms with van der Waals surface area (Å²) < 4.78 is 0. The summed E-state index contributed by atoms with van der Waals surface area (Å²) in [4.78, 5) is 24.8. The predicted molar refractivity (Wildman–Crippen MR) is 75.0 cm³/mol. The molecule has 0 fully saturated rings. The second-order valence-electron chi connectivity index (χ2n) is 4.28. The monoisotopic (exact) mass is 281 g/mol. The highest BCUT2D eigenvalue weighted by Gasteiger charge is 2.21. The van der Waals surface area contributed by atoms with Crippen LogP contribution in [0, 0.1) is 6.92 Å². The number of hydrogen-bond donors (Lipinski definition) is 4. The zero-order valence-electron chi connectivity index (χ0n) is 11.3. The number of rotatable bonds is 5. The van der Waals surface area contributed by atoms with Crippen molar-refractivity contribution in [2.45, 2.75) is 6.92 Å². The number of anilines is 2. The largest absolute Gasteiger partial charge is 0.397 e. The minimum atomic E-state index is -0.857. The van der Waals surface area contributed by atoms with E-state index in [4.69, 9.17) is 15.9 Å². The molecular weight excluding hydrogens is 262 g/mol. The van der Waals surface area contributed by atoms with E-state index in [1.807, 2.05) is 6.92 Å². The van der Waals surface area contributed by atoms with Gasteiger partial charge in [-0.2, -0.15) is 0 Å². The number of nitrogens with zero attached hydrogens (tertiary/aromatic N) is 1. The zero-order valence-corrected chi connectivity index (χ0v) is 11.3. The van der Waals surface area contributed by atoms with Crippen LogP contribution in [-0.2, 0) is 9.59 Å². The number of benzene rings is 1. The molecule has 0 aliphatic rings. The van der Waals surface area contributed by atoms with Gasteiger partial charge < -0.3 is 26.2 Å². The predicted octanol–water partition coefficient (Wildman–Crippen LogP) is -0.671. The van der Waals surface area contributed by atoms with Gasteiger partial charge in [0.1, 0.15) is 0 Å². The maximum absolute atomic E-state index is 11.9. The number of nitrogens with two attached hydrogens (primary N) is 1. The van der Waals surface area contributed by atoms with Crippen molar-refractivity contribution in [3.8, 4) is 0 Å². The lowest BCUT2D eigenvalue weighted by molar-refractivity contribution is -0.143. The second kappa shape index (κ2) is 7.46. The third-order valence-corrected chi connectivity index (χ3v) is 2.68. The fourth-order valence-corrected chi connectivity index (χ4v) is 1.65. The molecule has 0 atom stereocenters. The standard InChI is InChI=1S/C13H19N3O4/c1-9-2-3-10(14)11(8-9)15-12(19)13(20)16(4-6-17)5-7-18/h2-3,8,17-18H,4-7,14H2,1H3,(H,15,19). The summed E-state index contributed by atoms with van der Waals surface area (Å²) in [5, 5.41) is 20.1. The summed E-state index contributed by atoms with van der Waals surface area (Å²) in [5.74, 6) is -1.68. The van der Waals surface area contributed by atoms with Crippen molar-refractivity contribution in [3.05, 3.63) is 23.8 Å². The zero-order chi connectivity index (χ0) is 15.1. The van der Waals surface area contributed by atoms with Crippen molar-refractivity contribution in [1.82, 2.24) is 4.90 Å². The van der Waals surface area contributed by atoms with Crippen molar-refractivity contribution >= 4 is 23.2 Å². The van der Waals surface area contributed by atoms with Crippen LogP contribution in [0.5, 0.6) is 0 Å². The fraction of sp³-hybridized carbons (Fsp3) is 0.385. The smallest absolute Gasteiger partial charge is 0.313 e. The van der Waals surface area contributed by atoms with E-state index in [2.05, 4.69) is 5.32 Å². The van der Waals surface area contributed by atoms with E-state index in [0.717, 1.165) is 10.5 Å². The second-order valence-corrected chi connectivity index (χ2v) is 4.28. The van der Waals surface area contributed by atoms with Crippen LogP contribution in [0.4, 0.5) is 11.4 Å². The van der Waals surface area contributed by atoms with Gasteiger partial charge in [0.15, 0.2) is 0 Å². The Labute approximate surface area is 117 Å². The Hall–Kier alpha value is -2.12. The molecule has 7 heteroatoms. The number of aliphatic hydroxyl groups is 2. The highest BCUT2D eigenvalue weighted by Crippen LogP contribution is 2.19. The van der Waals surface area contributed by atoms with Crippen molar-refractivity contribution < 1.29 is 19.8 Å². The van der Waals surface area contributed by atoms with Gasteiger partial charge >= 0.3 is 11.8 Å². The molecule has 0 aliphatic heterocycles. The third kappa shape index (κ3) is 4.22. The van der Waals surface area contributed by atoms with Crippen LogP contribution in [-0.4, -0.2) is 53.2 Å². The topological polar surface area (TPSA) is 116 Å². The molecule has 1 aromatic carbocycles. The normalized spacial score (nSPS) is 10.2. The quantitative estimate of drug-likeness (QED) is 0.422. The van der Waals surface area contributed by atoms with E-state index in [1.54, 1.807) is 18.2 Å². The van der Waals surface area contributed by atoms with Gasteiger partial charge in [-0.1, -0.05) is 6.07 Å². The van der Waals surface area contributed by atoms with Crippen molar-refractivity contribution in [2.24, 2.45) is 0 Å². The first-order valence-corrected chi connectivity index (χ1v) is 6.17. The number of nitrogen functional groups attached to an aromatic ring is 1. The van der Waals surface area contributed by atoms with Crippen LogP contribution >= 0.6 is 0 Å². The van der Waals surface area contributed by atoms with E-state index in [-0.39, 0.29) is 26.3 Å². The van der Waals surface area contributed by atoms with Crippen LogP contribution in [0.1, 0.15) is 5.56 Å². The summed E-state index contributed by atoms with van der Waals surface area (Å²) in [6.45, 7) is 1.23. The van der Waals surface area contributed by atoms with E-state index >= 15 is 0 Å². The maximum atomic E-state index is 11.9. The van der Waals surface area contributed by atoms with E-state index in [1.165, 1.54) is 0 Å². The summed E-state index contributed by atoms with van der Waals surface area (Å²) >= 11 is 0. The lowest BCUT2D eigenvalue weighted by Gasteiger charge is -2.20. The van der Waals surface area contributed by atoms with Gasteiger partial charge in [0.05, 0.1) is 24.6 Å². The molecule has 0 aromatic heterocycles. The Morgan fingerprint density at radius 2 is 1.85 bits per heavy atom. The lowest BCUT2D eigenvalue weighted by atomic mass is 10.2. The van der Waals surface area contributed by atoms with Gasteiger partial charge in [-0.25, -0.2) is 0 Å². The third-order valence-electron chi connectivity index (χ3n) is 2.68. The molecule has 2 amide bonds. The van der Waals surface area contributed by atoms with Gasteiger partial charge in [-0.05, 0) is 24.6 Å². The van der Waals surface area contributed by atoms with Crippen molar-refractivity contribution in [1.29, 1.82) is 0 Å². The molecule has 0 saturated heterocycles. The van der Waals surface area contributed by atoms with E-state index in [0.29, 0.717) is 11.4 Å². The number of aryl methyl sites for hydroxylation is 1. The van der Waals surface area contributed by atoms with Gasteiger partial charge in [0.2, 0.25) is 0 Å². The summed E-state index contributed by atoms with van der Waals surface area (Å²) in [7, 11) is 0. The average Bonchev–Trinajstić information content (AvgIpc) is 2.41. The molecule has 0 bridgehead atoms. The number of aliphatic hydroxyl groups excluding tert-OH is 2. The molecule has 0 spiro atoms. The molecular formula is C13H19N3O4. The van der Waals surface area contributed by atoms with Crippen LogP contribution in [0.25, 0.3) is 0 Å². The number of nitrogens with one attached hydrogen (secondary N) is 1. The Bertz CT molecular complexity index is 485. The molecule has 0 heterocycles. The number of hydrogen-bond acceptors (Lipinski definition) is 5. The maximum Gasteiger partial charge on any atom is 0.313 e. The first kappa shape index (κ1) is 15.9. The Kier molecular flexibility index (Phi) is 5.95. The summed E-state index contributed by atoms with van der Waals surface area (Å²) in [5.41, 5.74) is 7.32. The van der Waals surface area contributed by atoms with Gasteiger partial charge in [0.25, 0.3) is 0 Å². The molecule has 1 rings (SSSR count). The minimum Gasteiger partial charge on any atom is -0.397 e. The van der Waals surface area contributed by atoms with Crippen LogP contribution in [0.15, 0.2) is 18.2 Å². The van der Waals surface area contributed by atoms with E-state index < -0.39 is 11.8 Å². The summed E-state index contributed by atoms with van der Waals surface area (Å²) in [6.07, 6.45) is 0. The first-order chi connectivity index (χ1) is 9.49. The molecule has 5 N–H and O–H groups in total. The molecule has 1 aromatic rings. The molecule has 0 saturated carbocycles. The number of carbonyl (C=O) groups is 2. The molecule has 7 nitrogen and oxygen atoms in total. The van der Waals surface area contributed by atoms with Crippen LogP contribution in [0.3, 0.4) is 0 Å². The molecule has 0 unspecified atom stereocenters. The van der Waals surface area contributed by atoms with Gasteiger partial charge in [0, 0.05) is 13.1 Å². The Morgan fingerprint density at radius 3 is 2.40 bits per heavy atom. The highest BCUT2D eigenvalue weighted by molar-refractivity contribution is 6.39. The minimum absolute atomic E-state index is 0.0177. The summed E-state index contributed by atoms with van der Waals surface area (Å²) in [6, 6.07) is 5.08. The fourth-order valence-electron chi connectivity index (χ4n) is 1.65. The number of carbonyl (C=O) groups excluding carboxylic acids is 2. The van der Waals surface area contributed by atoms with E-state index in [9.17, 15) is 9.59 Å². The van der Waals surface area contributed by atoms with Crippen molar-refractivity contribution in [3.63, 3.8) is 0 Å². The molecule has 0 radical (unpaired) electrons. The number of amides is 2. The van der Waals surface area contributed by atoms with Crippen molar-refractivity contribution in [2.75, 3.05) is 37.4 Å². The first-order valence-electron chi connectivity index (χ1n) is 6.17. The van der Waals surface area contributed by atoms with Crippen LogP contribution < -0.4 is 11.1 Å². The van der Waals surface area contributed by atoms with Gasteiger partial charge in [-0.15, -0.1) is 0 Å². The Morgan fingerprint density at radius 1 is 1.25 bits per heavy atom. The average molecular weight is 281 g/mol.